The van der Waals surface area contributed by atoms with E-state index in [0.29, 0.717) is 17.8 Å². The molecule has 0 unspecified atom stereocenters. The molecule has 5 aliphatic heterocycles. The molecule has 0 saturated carbocycles. The monoisotopic (exact) mass is 989 g/mol. The number of fused-ring (bicyclic) bond motifs is 12. The number of hydrogen-bond donors (Lipinski definition) is 0. The van der Waals surface area contributed by atoms with Crippen LogP contribution in [-0.4, -0.2) is 20.1 Å². The van der Waals surface area contributed by atoms with Gasteiger partial charge in [-0.1, -0.05) is 193 Å². The Bertz CT molecular complexity index is 4000. The van der Waals surface area contributed by atoms with E-state index < -0.39 is 0 Å². The topological polar surface area (TPSA) is 13.0 Å². The second-order valence-corrected chi connectivity index (χ2v) is 22.9. The van der Waals surface area contributed by atoms with Gasteiger partial charge in [-0.15, -0.1) is 0 Å². The van der Waals surface area contributed by atoms with E-state index in [1.165, 1.54) is 123 Å². The largest absolute Gasteiger partial charge is 0.312 e. The first-order valence-electron chi connectivity index (χ1n) is 28.0. The van der Waals surface area contributed by atoms with Gasteiger partial charge in [0.05, 0.1) is 0 Å². The molecule has 5 aliphatic rings. The molecule has 10 aromatic rings. The molecule has 77 heavy (non-hydrogen) atoms. The summed E-state index contributed by atoms with van der Waals surface area (Å²) >= 11 is 0. The van der Waals surface area contributed by atoms with Gasteiger partial charge in [0, 0.05) is 68.2 Å². The Morgan fingerprint density at radius 1 is 0.286 bits per heavy atom. The van der Waals surface area contributed by atoms with Crippen LogP contribution in [0.3, 0.4) is 0 Å². The van der Waals surface area contributed by atoms with Crippen molar-refractivity contribution in [3.63, 3.8) is 0 Å². The van der Waals surface area contributed by atoms with Crippen LogP contribution in [0.25, 0.3) is 0 Å². The molecule has 368 valence electrons. The normalized spacial score (nSPS) is 14.1. The Kier molecular flexibility index (Phi) is 10.3. The summed E-state index contributed by atoms with van der Waals surface area (Å²) in [4.78, 5) is 10.5. The van der Waals surface area contributed by atoms with Gasteiger partial charge in [0.1, 0.15) is 0 Å². The first kappa shape index (κ1) is 45.9. The molecule has 0 amide bonds. The highest BCUT2D eigenvalue weighted by Gasteiger charge is 2.53. The van der Waals surface area contributed by atoms with Crippen molar-refractivity contribution >= 4 is 138 Å². The molecule has 0 fully saturated rings. The van der Waals surface area contributed by atoms with Crippen molar-refractivity contribution in [3.8, 4) is 0 Å². The number of nitrogens with zero attached hydrogens (tertiary/aromatic N) is 4. The van der Waals surface area contributed by atoms with Crippen LogP contribution in [-0.2, 0) is 0 Å². The average molecular weight is 989 g/mol. The van der Waals surface area contributed by atoms with Gasteiger partial charge in [-0.2, -0.15) is 0 Å². The lowest BCUT2D eigenvalue weighted by Crippen LogP contribution is -2.69. The third-order valence-electron chi connectivity index (χ3n) is 17.7. The molecule has 0 radical (unpaired) electrons. The zero-order valence-corrected chi connectivity index (χ0v) is 45.0. The maximum Gasteiger partial charge on any atom is 0.252 e. The Labute approximate surface area is 455 Å². The summed E-state index contributed by atoms with van der Waals surface area (Å²) in [6, 6.07) is 81.0. The quantitative estimate of drug-likeness (QED) is 0.148. The molecule has 0 N–H and O–H groups in total. The number of anilines is 12. The third-order valence-corrected chi connectivity index (χ3v) is 17.7. The number of para-hydroxylation sites is 7. The van der Waals surface area contributed by atoms with Gasteiger partial charge < -0.3 is 19.6 Å². The minimum absolute atomic E-state index is 0.0201. The van der Waals surface area contributed by atoms with Gasteiger partial charge in [-0.05, 0) is 157 Å². The molecule has 4 nitrogen and oxygen atoms in total. The van der Waals surface area contributed by atoms with Gasteiger partial charge in [0.25, 0.3) is 13.4 Å². The molecule has 15 rings (SSSR count). The third kappa shape index (κ3) is 6.50. The fourth-order valence-electron chi connectivity index (χ4n) is 14.5. The highest BCUT2D eigenvalue weighted by molar-refractivity contribution is 7.05. The summed E-state index contributed by atoms with van der Waals surface area (Å²) in [5.74, 6) is 1.05. The lowest BCUT2D eigenvalue weighted by atomic mass is 9.27. The molecule has 7 heteroatoms. The van der Waals surface area contributed by atoms with Crippen molar-refractivity contribution in [3.05, 3.63) is 235 Å². The van der Waals surface area contributed by atoms with E-state index in [0.717, 1.165) is 17.1 Å². The first-order chi connectivity index (χ1) is 37.7. The molecular formula is C70H59B3N4. The van der Waals surface area contributed by atoms with E-state index in [4.69, 9.17) is 0 Å². The van der Waals surface area contributed by atoms with Crippen LogP contribution >= 0.6 is 0 Å². The molecule has 0 aliphatic carbocycles. The smallest absolute Gasteiger partial charge is 0.252 e. The minimum Gasteiger partial charge on any atom is -0.312 e. The Morgan fingerprint density at radius 2 is 0.623 bits per heavy atom. The highest BCUT2D eigenvalue weighted by Crippen LogP contribution is 2.52. The van der Waals surface area contributed by atoms with Crippen LogP contribution < -0.4 is 68.8 Å². The molecule has 5 heterocycles. The average Bonchev–Trinajstić information content (AvgIpc) is 3.64. The first-order valence-corrected chi connectivity index (χ1v) is 28.0. The van der Waals surface area contributed by atoms with E-state index in [-0.39, 0.29) is 20.1 Å². The fraction of sp³-hybridized carbons (Fsp3) is 0.143. The fourth-order valence-corrected chi connectivity index (χ4v) is 14.5. The Hall–Kier alpha value is -8.41. The number of rotatable bonds is 7. The van der Waals surface area contributed by atoms with Crippen molar-refractivity contribution in [2.24, 2.45) is 0 Å². The second kappa shape index (κ2) is 17.3. The number of hydrogen-bond acceptors (Lipinski definition) is 4. The summed E-state index contributed by atoms with van der Waals surface area (Å²) in [6.45, 7) is 16.7. The van der Waals surface area contributed by atoms with Gasteiger partial charge in [0.15, 0.2) is 0 Å². The standard InChI is InChI=1S/C70H59B3N4/c1-43(2)47-39-51(44(3)4)65(52(40-47)45(5)6)72-53-31-17-21-35-59(53)74(48-25-11-8-12-26-48)63-42-64-58(41-57(63)72)73-56-34-20-24-38-62(56)77-61-37-23-19-33-55(61)71-54-32-18-22-36-60(54)75(49-27-13-9-14-28-49)68-46(7)69(67(73)70(77)66(68)71)76(64)50-29-15-10-16-30-50/h8-45H,1-7H3. The zero-order valence-electron chi connectivity index (χ0n) is 45.0. The van der Waals surface area contributed by atoms with Crippen molar-refractivity contribution in [1.82, 2.24) is 0 Å². The predicted octanol–water partition coefficient (Wildman–Crippen LogP) is 12.4. The zero-order chi connectivity index (χ0) is 52.0. The molecule has 0 spiro atoms. The molecule has 0 atom stereocenters. The molecule has 0 bridgehead atoms. The van der Waals surface area contributed by atoms with Gasteiger partial charge in [-0.3, -0.25) is 0 Å². The lowest BCUT2D eigenvalue weighted by molar-refractivity contribution is 0.812. The summed E-state index contributed by atoms with van der Waals surface area (Å²) in [7, 11) is 0. The van der Waals surface area contributed by atoms with Gasteiger partial charge in [0.2, 0.25) is 6.71 Å². The molecule has 0 saturated heterocycles. The highest BCUT2D eigenvalue weighted by atomic mass is 15.2. The van der Waals surface area contributed by atoms with E-state index >= 15 is 0 Å². The molecular weight excluding hydrogens is 929 g/mol. The maximum atomic E-state index is 2.70. The SMILES string of the molecule is Cc1c2c3c4c5c1N(c1ccccc1)c1cc6c(cc1B5c1ccccc1N4c1ccccc1B3c1ccccc1N2c1ccccc1)B(c1c(C(C)C)cc(C(C)C)cc1C(C)C)c1ccccc1N6c1ccccc1. The second-order valence-electron chi connectivity index (χ2n) is 22.9. The Balaban J connectivity index is 1.12. The van der Waals surface area contributed by atoms with Crippen LogP contribution in [0.5, 0.6) is 0 Å². The van der Waals surface area contributed by atoms with Crippen molar-refractivity contribution in [2.75, 3.05) is 19.6 Å². The van der Waals surface area contributed by atoms with Crippen LogP contribution in [0, 0.1) is 6.92 Å². The van der Waals surface area contributed by atoms with Crippen molar-refractivity contribution in [2.45, 2.75) is 66.2 Å². The molecule has 0 aromatic heterocycles. The van der Waals surface area contributed by atoms with Crippen molar-refractivity contribution < 1.29 is 0 Å². The summed E-state index contributed by atoms with van der Waals surface area (Å²) in [6.07, 6.45) is 0. The predicted molar refractivity (Wildman–Crippen MR) is 333 cm³/mol. The maximum absolute atomic E-state index is 2.70. The Morgan fingerprint density at radius 3 is 1.05 bits per heavy atom. The minimum atomic E-state index is -0.0783. The number of benzene rings is 10. The van der Waals surface area contributed by atoms with Gasteiger partial charge in [-0.25, -0.2) is 0 Å². The lowest BCUT2D eigenvalue weighted by Gasteiger charge is -2.52. The van der Waals surface area contributed by atoms with Crippen LogP contribution in [0.1, 0.15) is 81.5 Å². The summed E-state index contributed by atoms with van der Waals surface area (Å²) in [5, 5.41) is 0. The van der Waals surface area contributed by atoms with E-state index in [2.05, 4.69) is 280 Å². The van der Waals surface area contributed by atoms with E-state index in [9.17, 15) is 0 Å². The van der Waals surface area contributed by atoms with E-state index in [1.807, 2.05) is 0 Å². The van der Waals surface area contributed by atoms with Crippen LogP contribution in [0.4, 0.5) is 68.2 Å². The van der Waals surface area contributed by atoms with Crippen molar-refractivity contribution in [1.29, 1.82) is 0 Å². The summed E-state index contributed by atoms with van der Waals surface area (Å²) in [5.41, 5.74) is 32.5. The van der Waals surface area contributed by atoms with Crippen LogP contribution in [0.2, 0.25) is 0 Å². The van der Waals surface area contributed by atoms with Crippen LogP contribution in [0.15, 0.2) is 212 Å². The molecule has 10 aromatic carbocycles. The van der Waals surface area contributed by atoms with Gasteiger partial charge >= 0.3 is 0 Å². The summed E-state index contributed by atoms with van der Waals surface area (Å²) < 4.78 is 0. The van der Waals surface area contributed by atoms with E-state index in [1.54, 1.807) is 0 Å².